The number of carbonyl (C=O) groups excluding carboxylic acids is 2. The van der Waals surface area contributed by atoms with E-state index in [-0.39, 0.29) is 46.1 Å². The molecule has 11 heteroatoms. The van der Waals surface area contributed by atoms with Gasteiger partial charge in [-0.05, 0) is 66.4 Å². The molecular weight excluding hydrogens is 702 g/mol. The van der Waals surface area contributed by atoms with Crippen LogP contribution >= 0.6 is 27.5 Å². The SMILES string of the molecule is COc1ccc(Cl)cc1N(CC(=O)N(Cc1cccc(Br)c1)C(Cc1ccccc1)C(=O)NCC(C)C)S(=O)(=O)c1ccc(C)cc1. The molecule has 0 aliphatic carbocycles. The zero-order valence-electron chi connectivity index (χ0n) is 26.8. The fourth-order valence-corrected chi connectivity index (χ4v) is 7.05. The van der Waals surface area contributed by atoms with Crippen molar-refractivity contribution in [3.8, 4) is 5.75 Å². The fourth-order valence-electron chi connectivity index (χ4n) is 5.02. The highest BCUT2D eigenvalue weighted by molar-refractivity contribution is 9.10. The standard InChI is InChI=1S/C36H39BrClN3O5S/c1-25(2)22-39-36(43)33(20-27-9-6-5-7-10-27)40(23-28-11-8-12-29(37)19-28)35(42)24-41(32-21-30(38)15-18-34(32)46-4)47(44,45)31-16-13-26(3)14-17-31/h5-19,21,25,33H,20,22-24H2,1-4H3,(H,39,43). The third kappa shape index (κ3) is 9.59. The normalized spacial score (nSPS) is 12.0. The van der Waals surface area contributed by atoms with Crippen molar-refractivity contribution in [3.63, 3.8) is 0 Å². The highest BCUT2D eigenvalue weighted by Crippen LogP contribution is 2.35. The van der Waals surface area contributed by atoms with Gasteiger partial charge < -0.3 is 15.0 Å². The lowest BCUT2D eigenvalue weighted by atomic mass is 10.0. The molecule has 0 radical (unpaired) electrons. The van der Waals surface area contributed by atoms with Gasteiger partial charge in [-0.1, -0.05) is 102 Å². The van der Waals surface area contributed by atoms with Crippen molar-refractivity contribution < 1.29 is 22.7 Å². The van der Waals surface area contributed by atoms with Crippen molar-refractivity contribution in [2.45, 2.75) is 44.7 Å². The Balaban J connectivity index is 1.85. The molecule has 248 valence electrons. The number of halogens is 2. The summed E-state index contributed by atoms with van der Waals surface area (Å²) in [6, 6.07) is 26.9. The molecule has 1 atom stereocenters. The van der Waals surface area contributed by atoms with Gasteiger partial charge in [0.25, 0.3) is 10.0 Å². The first-order valence-corrected chi connectivity index (χ1v) is 17.8. The van der Waals surface area contributed by atoms with Crippen LogP contribution in [0.25, 0.3) is 0 Å². The van der Waals surface area contributed by atoms with Gasteiger partial charge in [-0.2, -0.15) is 0 Å². The van der Waals surface area contributed by atoms with E-state index in [9.17, 15) is 18.0 Å². The summed E-state index contributed by atoms with van der Waals surface area (Å²) in [4.78, 5) is 30.0. The van der Waals surface area contributed by atoms with E-state index in [2.05, 4.69) is 21.2 Å². The Hall–Kier alpha value is -3.86. The van der Waals surface area contributed by atoms with Gasteiger partial charge in [0.1, 0.15) is 18.3 Å². The summed E-state index contributed by atoms with van der Waals surface area (Å²) >= 11 is 9.87. The Morgan fingerprint density at radius 3 is 2.23 bits per heavy atom. The average molecular weight is 741 g/mol. The highest BCUT2D eigenvalue weighted by atomic mass is 79.9. The number of sulfonamides is 1. The van der Waals surface area contributed by atoms with Crippen LogP contribution < -0.4 is 14.4 Å². The van der Waals surface area contributed by atoms with E-state index >= 15 is 0 Å². The largest absolute Gasteiger partial charge is 0.495 e. The van der Waals surface area contributed by atoms with E-state index in [4.69, 9.17) is 16.3 Å². The molecule has 0 saturated heterocycles. The minimum absolute atomic E-state index is 0.00743. The number of hydrogen-bond donors (Lipinski definition) is 1. The van der Waals surface area contributed by atoms with E-state index in [0.717, 1.165) is 25.5 Å². The summed E-state index contributed by atoms with van der Waals surface area (Å²) in [5.41, 5.74) is 2.59. The number of methoxy groups -OCH3 is 1. The van der Waals surface area contributed by atoms with Crippen molar-refractivity contribution in [1.29, 1.82) is 0 Å². The third-order valence-corrected chi connectivity index (χ3v) is 10.00. The Morgan fingerprint density at radius 2 is 1.60 bits per heavy atom. The van der Waals surface area contributed by atoms with Crippen LogP contribution in [-0.4, -0.2) is 51.4 Å². The van der Waals surface area contributed by atoms with Crippen LogP contribution in [0.1, 0.15) is 30.5 Å². The summed E-state index contributed by atoms with van der Waals surface area (Å²) in [6.07, 6.45) is 0.218. The van der Waals surface area contributed by atoms with E-state index in [1.807, 2.05) is 75.4 Å². The molecule has 1 unspecified atom stereocenters. The molecule has 0 aliphatic rings. The van der Waals surface area contributed by atoms with E-state index < -0.39 is 28.5 Å². The molecule has 0 saturated carbocycles. The lowest BCUT2D eigenvalue weighted by Crippen LogP contribution is -2.53. The van der Waals surface area contributed by atoms with Gasteiger partial charge in [0, 0.05) is 29.0 Å². The fraction of sp³-hybridized carbons (Fsp3) is 0.278. The maximum absolute atomic E-state index is 14.7. The first kappa shape index (κ1) is 36.0. The minimum Gasteiger partial charge on any atom is -0.495 e. The van der Waals surface area contributed by atoms with Crippen LogP contribution in [-0.2, 0) is 32.6 Å². The van der Waals surface area contributed by atoms with Crippen LogP contribution in [0.5, 0.6) is 5.75 Å². The molecule has 0 aromatic heterocycles. The van der Waals surface area contributed by atoms with Crippen molar-refractivity contribution >= 4 is 55.1 Å². The number of ether oxygens (including phenoxy) is 1. The summed E-state index contributed by atoms with van der Waals surface area (Å²) < 4.78 is 36.0. The first-order chi connectivity index (χ1) is 22.4. The quantitative estimate of drug-likeness (QED) is 0.150. The average Bonchev–Trinajstić information content (AvgIpc) is 3.04. The van der Waals surface area contributed by atoms with Crippen molar-refractivity contribution in [2.24, 2.45) is 5.92 Å². The maximum Gasteiger partial charge on any atom is 0.264 e. The molecule has 4 rings (SSSR count). The van der Waals surface area contributed by atoms with Crippen LogP contribution in [0.4, 0.5) is 5.69 Å². The lowest BCUT2D eigenvalue weighted by Gasteiger charge is -2.34. The molecule has 0 fully saturated rings. The predicted octanol–water partition coefficient (Wildman–Crippen LogP) is 7.03. The molecule has 0 spiro atoms. The summed E-state index contributed by atoms with van der Waals surface area (Å²) in [5.74, 6) is -0.523. The summed E-state index contributed by atoms with van der Waals surface area (Å²) in [6.45, 7) is 5.68. The Labute approximate surface area is 290 Å². The van der Waals surface area contributed by atoms with Crippen LogP contribution in [0, 0.1) is 12.8 Å². The molecule has 8 nitrogen and oxygen atoms in total. The lowest BCUT2D eigenvalue weighted by molar-refractivity contribution is -0.140. The molecule has 47 heavy (non-hydrogen) atoms. The van der Waals surface area contributed by atoms with Crippen molar-refractivity contribution in [2.75, 3.05) is 24.5 Å². The number of rotatable bonds is 14. The van der Waals surface area contributed by atoms with E-state index in [1.165, 1.54) is 30.2 Å². The van der Waals surface area contributed by atoms with Crippen molar-refractivity contribution in [3.05, 3.63) is 123 Å². The third-order valence-electron chi connectivity index (χ3n) is 7.50. The second-order valence-electron chi connectivity index (χ2n) is 11.6. The Bertz CT molecular complexity index is 1790. The number of amides is 2. The van der Waals surface area contributed by atoms with Gasteiger partial charge in [0.2, 0.25) is 11.8 Å². The van der Waals surface area contributed by atoms with Crippen LogP contribution in [0.15, 0.2) is 106 Å². The molecule has 0 aliphatic heterocycles. The number of nitrogens with zero attached hydrogens (tertiary/aromatic N) is 2. The molecule has 0 bridgehead atoms. The van der Waals surface area contributed by atoms with E-state index in [1.54, 1.807) is 24.3 Å². The smallest absolute Gasteiger partial charge is 0.264 e. The summed E-state index contributed by atoms with van der Waals surface area (Å²) in [7, 11) is -2.90. The Morgan fingerprint density at radius 1 is 0.915 bits per heavy atom. The van der Waals surface area contributed by atoms with Crippen molar-refractivity contribution in [1.82, 2.24) is 10.2 Å². The number of nitrogens with one attached hydrogen (secondary N) is 1. The molecule has 2 amide bonds. The second-order valence-corrected chi connectivity index (χ2v) is 14.9. The number of anilines is 1. The van der Waals surface area contributed by atoms with Gasteiger partial charge in [0.15, 0.2) is 0 Å². The molecule has 4 aromatic rings. The van der Waals surface area contributed by atoms with Gasteiger partial charge in [-0.25, -0.2) is 8.42 Å². The zero-order chi connectivity index (χ0) is 34.1. The topological polar surface area (TPSA) is 96.0 Å². The van der Waals surface area contributed by atoms with Gasteiger partial charge >= 0.3 is 0 Å². The number of aryl methyl sites for hydroxylation is 1. The van der Waals surface area contributed by atoms with Gasteiger partial charge in [0.05, 0.1) is 17.7 Å². The van der Waals surface area contributed by atoms with Gasteiger partial charge in [-0.3, -0.25) is 13.9 Å². The first-order valence-electron chi connectivity index (χ1n) is 15.2. The molecule has 0 heterocycles. The highest BCUT2D eigenvalue weighted by Gasteiger charge is 2.35. The number of carbonyl (C=O) groups is 2. The number of benzene rings is 4. The van der Waals surface area contributed by atoms with Crippen LogP contribution in [0.2, 0.25) is 5.02 Å². The van der Waals surface area contributed by atoms with Crippen LogP contribution in [0.3, 0.4) is 0 Å². The maximum atomic E-state index is 14.7. The monoisotopic (exact) mass is 739 g/mol. The minimum atomic E-state index is -4.32. The zero-order valence-corrected chi connectivity index (χ0v) is 30.0. The second kappa shape index (κ2) is 16.3. The number of hydrogen-bond acceptors (Lipinski definition) is 5. The molecule has 1 N–H and O–H groups in total. The summed E-state index contributed by atoms with van der Waals surface area (Å²) in [5, 5.41) is 3.26. The predicted molar refractivity (Wildman–Crippen MR) is 190 cm³/mol. The van der Waals surface area contributed by atoms with E-state index in [0.29, 0.717) is 6.54 Å². The molecular formula is C36H39BrClN3O5S. The Kier molecular flexibility index (Phi) is 12.5. The van der Waals surface area contributed by atoms with Gasteiger partial charge in [-0.15, -0.1) is 0 Å². The molecule has 4 aromatic carbocycles.